The molecule has 0 aliphatic carbocycles. The van der Waals surface area contributed by atoms with E-state index in [2.05, 4.69) is 18.9 Å². The Balaban J connectivity index is 1.82. The van der Waals surface area contributed by atoms with E-state index in [1.807, 2.05) is 0 Å². The summed E-state index contributed by atoms with van der Waals surface area (Å²) in [6.45, 7) is 4.72. The Bertz CT molecular complexity index is 244. The first-order valence-corrected chi connectivity index (χ1v) is 7.38. The van der Waals surface area contributed by atoms with Crippen molar-refractivity contribution in [3.63, 3.8) is 0 Å². The zero-order chi connectivity index (χ0) is 13.0. The number of ether oxygens (including phenoxy) is 2. The minimum Gasteiger partial charge on any atom is -0.377 e. The maximum atomic E-state index is 5.96. The molecule has 4 atom stereocenters. The Labute approximate surface area is 111 Å². The van der Waals surface area contributed by atoms with Crippen LogP contribution in [-0.4, -0.2) is 56.0 Å². The van der Waals surface area contributed by atoms with Gasteiger partial charge in [-0.1, -0.05) is 0 Å². The fourth-order valence-electron chi connectivity index (χ4n) is 3.14. The molecule has 0 spiro atoms. The largest absolute Gasteiger partial charge is 0.377 e. The van der Waals surface area contributed by atoms with Crippen LogP contribution in [0.5, 0.6) is 0 Å². The van der Waals surface area contributed by atoms with E-state index >= 15 is 0 Å². The molecular formula is C14H28N2O2. The third-order valence-electron chi connectivity index (χ3n) is 4.27. The first kappa shape index (κ1) is 14.3. The lowest BCUT2D eigenvalue weighted by Gasteiger charge is -2.35. The van der Waals surface area contributed by atoms with Crippen molar-refractivity contribution < 1.29 is 9.47 Å². The quantitative estimate of drug-likeness (QED) is 0.807. The Morgan fingerprint density at radius 1 is 1.28 bits per heavy atom. The molecule has 2 N–H and O–H groups in total. The van der Waals surface area contributed by atoms with Crippen LogP contribution >= 0.6 is 0 Å². The minimum absolute atomic E-state index is 0.304. The van der Waals surface area contributed by atoms with Crippen molar-refractivity contribution in [1.29, 1.82) is 0 Å². The van der Waals surface area contributed by atoms with E-state index in [0.717, 1.165) is 26.0 Å². The van der Waals surface area contributed by atoms with E-state index in [4.69, 9.17) is 15.2 Å². The molecule has 0 saturated carbocycles. The van der Waals surface area contributed by atoms with Gasteiger partial charge < -0.3 is 15.2 Å². The molecule has 0 aromatic carbocycles. The average molecular weight is 256 g/mol. The van der Waals surface area contributed by atoms with Gasteiger partial charge in [0.2, 0.25) is 0 Å². The van der Waals surface area contributed by atoms with Crippen LogP contribution in [0, 0.1) is 0 Å². The summed E-state index contributed by atoms with van der Waals surface area (Å²) in [6, 6.07) is 0.334. The number of nitrogens with two attached hydrogens (primary N) is 1. The summed E-state index contributed by atoms with van der Waals surface area (Å²) in [4.78, 5) is 2.35. The summed E-state index contributed by atoms with van der Waals surface area (Å²) in [6.07, 6.45) is 7.07. The Morgan fingerprint density at radius 2 is 2.11 bits per heavy atom. The van der Waals surface area contributed by atoms with Crippen LogP contribution in [-0.2, 0) is 9.47 Å². The Hall–Kier alpha value is -0.160. The van der Waals surface area contributed by atoms with E-state index in [1.165, 1.54) is 19.3 Å². The van der Waals surface area contributed by atoms with Crippen molar-refractivity contribution in [2.24, 2.45) is 5.73 Å². The zero-order valence-corrected chi connectivity index (χ0v) is 11.8. The van der Waals surface area contributed by atoms with E-state index in [1.54, 1.807) is 0 Å². The maximum absolute atomic E-state index is 5.96. The Kier molecular flexibility index (Phi) is 5.42. The number of likely N-dealkylation sites (N-methyl/N-ethyl adjacent to an activating group) is 1. The van der Waals surface area contributed by atoms with Gasteiger partial charge in [-0.2, -0.15) is 0 Å². The monoisotopic (exact) mass is 256 g/mol. The normalized spacial score (nSPS) is 35.0. The van der Waals surface area contributed by atoms with Gasteiger partial charge in [0.25, 0.3) is 0 Å². The van der Waals surface area contributed by atoms with Gasteiger partial charge in [-0.3, -0.25) is 4.90 Å². The molecule has 2 fully saturated rings. The van der Waals surface area contributed by atoms with Gasteiger partial charge in [0.1, 0.15) is 0 Å². The lowest BCUT2D eigenvalue weighted by Crippen LogP contribution is -2.49. The van der Waals surface area contributed by atoms with Crippen molar-refractivity contribution in [2.75, 3.05) is 26.7 Å². The van der Waals surface area contributed by atoms with E-state index in [9.17, 15) is 0 Å². The summed E-state index contributed by atoms with van der Waals surface area (Å²) in [5.41, 5.74) is 5.94. The van der Waals surface area contributed by atoms with Crippen LogP contribution in [0.1, 0.15) is 39.0 Å². The highest BCUT2D eigenvalue weighted by molar-refractivity contribution is 4.85. The molecular weight excluding hydrogens is 228 g/mol. The molecule has 4 heteroatoms. The molecule has 4 nitrogen and oxygen atoms in total. The predicted molar refractivity (Wildman–Crippen MR) is 72.6 cm³/mol. The molecule has 0 aromatic rings. The van der Waals surface area contributed by atoms with Crippen molar-refractivity contribution in [3.8, 4) is 0 Å². The fourth-order valence-corrected chi connectivity index (χ4v) is 3.14. The molecule has 2 aliphatic heterocycles. The molecule has 18 heavy (non-hydrogen) atoms. The number of hydrogen-bond acceptors (Lipinski definition) is 4. The number of hydrogen-bond donors (Lipinski definition) is 1. The molecule has 0 radical (unpaired) electrons. The highest BCUT2D eigenvalue weighted by atomic mass is 16.5. The molecule has 2 saturated heterocycles. The van der Waals surface area contributed by atoms with Crippen LogP contribution in [0.3, 0.4) is 0 Å². The molecule has 106 valence electrons. The second kappa shape index (κ2) is 6.85. The van der Waals surface area contributed by atoms with Gasteiger partial charge >= 0.3 is 0 Å². The van der Waals surface area contributed by atoms with Crippen molar-refractivity contribution in [3.05, 3.63) is 0 Å². The molecule has 4 unspecified atom stereocenters. The number of rotatable bonds is 5. The molecule has 2 aliphatic rings. The molecule has 0 bridgehead atoms. The van der Waals surface area contributed by atoms with Gasteiger partial charge in [0.15, 0.2) is 0 Å². The second-order valence-electron chi connectivity index (χ2n) is 5.79. The lowest BCUT2D eigenvalue weighted by atomic mass is 10.0. The standard InChI is InChI=1S/C14H28N2O2/c1-11-6-7-14(18-11)13(9-15)16(2)10-12-5-3-4-8-17-12/h11-14H,3-10,15H2,1-2H3. The summed E-state index contributed by atoms with van der Waals surface area (Å²) >= 11 is 0. The van der Waals surface area contributed by atoms with E-state index in [-0.39, 0.29) is 0 Å². The van der Waals surface area contributed by atoms with Crippen molar-refractivity contribution in [2.45, 2.75) is 63.4 Å². The maximum Gasteiger partial charge on any atom is 0.0747 e. The van der Waals surface area contributed by atoms with Crippen molar-refractivity contribution in [1.82, 2.24) is 4.90 Å². The first-order valence-electron chi connectivity index (χ1n) is 7.38. The molecule has 0 amide bonds. The fraction of sp³-hybridized carbons (Fsp3) is 1.00. The van der Waals surface area contributed by atoms with Gasteiger partial charge in [-0.25, -0.2) is 0 Å². The smallest absolute Gasteiger partial charge is 0.0747 e. The van der Waals surface area contributed by atoms with Gasteiger partial charge in [-0.05, 0) is 46.1 Å². The van der Waals surface area contributed by atoms with Gasteiger partial charge in [0.05, 0.1) is 18.3 Å². The first-order chi connectivity index (χ1) is 8.70. The minimum atomic E-state index is 0.304. The summed E-state index contributed by atoms with van der Waals surface area (Å²) in [7, 11) is 2.15. The van der Waals surface area contributed by atoms with Crippen LogP contribution in [0.25, 0.3) is 0 Å². The summed E-state index contributed by atoms with van der Waals surface area (Å²) < 4.78 is 11.8. The Morgan fingerprint density at radius 3 is 2.67 bits per heavy atom. The third-order valence-corrected chi connectivity index (χ3v) is 4.27. The highest BCUT2D eigenvalue weighted by Crippen LogP contribution is 2.24. The second-order valence-corrected chi connectivity index (χ2v) is 5.79. The molecule has 2 rings (SSSR count). The molecule has 2 heterocycles. The predicted octanol–water partition coefficient (Wildman–Crippen LogP) is 1.38. The number of nitrogens with zero attached hydrogens (tertiary/aromatic N) is 1. The van der Waals surface area contributed by atoms with Crippen LogP contribution in [0.4, 0.5) is 0 Å². The van der Waals surface area contributed by atoms with Gasteiger partial charge in [-0.15, -0.1) is 0 Å². The highest BCUT2D eigenvalue weighted by Gasteiger charge is 2.32. The van der Waals surface area contributed by atoms with Gasteiger partial charge in [0, 0.05) is 25.7 Å². The van der Waals surface area contributed by atoms with Crippen LogP contribution in [0.15, 0.2) is 0 Å². The average Bonchev–Trinajstić information content (AvgIpc) is 2.78. The van der Waals surface area contributed by atoms with Crippen LogP contribution in [0.2, 0.25) is 0 Å². The van der Waals surface area contributed by atoms with Crippen LogP contribution < -0.4 is 5.73 Å². The van der Waals surface area contributed by atoms with E-state index < -0.39 is 0 Å². The SMILES string of the molecule is CC1CCC(C(CN)N(C)CC2CCCCO2)O1. The summed E-state index contributed by atoms with van der Waals surface area (Å²) in [5.74, 6) is 0. The zero-order valence-electron chi connectivity index (χ0n) is 11.8. The van der Waals surface area contributed by atoms with E-state index in [0.29, 0.717) is 30.9 Å². The lowest BCUT2D eigenvalue weighted by molar-refractivity contribution is -0.0354. The van der Waals surface area contributed by atoms with Crippen molar-refractivity contribution >= 4 is 0 Å². The summed E-state index contributed by atoms with van der Waals surface area (Å²) in [5, 5.41) is 0. The third kappa shape index (κ3) is 3.67. The topological polar surface area (TPSA) is 47.7 Å². The molecule has 0 aromatic heterocycles.